The SMILES string of the molecule is CN=C(NCc1ccnc(N2CCN(C)CC2)c1)NC1CCN(c2ncccc2Cl)C1.I. The summed E-state index contributed by atoms with van der Waals surface area (Å²) in [5, 5.41) is 7.67. The smallest absolute Gasteiger partial charge is 0.191 e. The Morgan fingerprint density at radius 2 is 1.94 bits per heavy atom. The Bertz CT molecular complexity index is 903. The number of guanidine groups is 1. The summed E-state index contributed by atoms with van der Waals surface area (Å²) in [6, 6.07) is 8.27. The van der Waals surface area contributed by atoms with Crippen molar-refractivity contribution >= 4 is 53.2 Å². The maximum Gasteiger partial charge on any atom is 0.191 e. The van der Waals surface area contributed by atoms with E-state index in [2.05, 4.69) is 59.5 Å². The first-order valence-corrected chi connectivity index (χ1v) is 11.2. The second-order valence-electron chi connectivity index (χ2n) is 8.12. The van der Waals surface area contributed by atoms with Gasteiger partial charge < -0.3 is 25.3 Å². The van der Waals surface area contributed by atoms with Crippen LogP contribution < -0.4 is 20.4 Å². The molecule has 0 amide bonds. The number of likely N-dealkylation sites (N-methyl/N-ethyl adjacent to an activating group) is 1. The number of halogens is 2. The predicted octanol–water partition coefficient (Wildman–Crippen LogP) is 2.44. The van der Waals surface area contributed by atoms with Crippen molar-refractivity contribution in [2.24, 2.45) is 4.99 Å². The molecule has 32 heavy (non-hydrogen) atoms. The molecule has 8 nitrogen and oxygen atoms in total. The Hall–Kier alpha value is -1.85. The maximum atomic E-state index is 6.31. The molecule has 0 bridgehead atoms. The number of aliphatic imine (C=N–C) groups is 1. The first-order chi connectivity index (χ1) is 15.1. The van der Waals surface area contributed by atoms with E-state index in [1.807, 2.05) is 18.3 Å². The first-order valence-electron chi connectivity index (χ1n) is 10.8. The van der Waals surface area contributed by atoms with Crippen LogP contribution in [0.15, 0.2) is 41.7 Å². The van der Waals surface area contributed by atoms with Gasteiger partial charge in [0.05, 0.1) is 5.02 Å². The summed E-state index contributed by atoms with van der Waals surface area (Å²) in [6.45, 7) is 6.64. The van der Waals surface area contributed by atoms with Gasteiger partial charge in [-0.05, 0) is 43.3 Å². The van der Waals surface area contributed by atoms with E-state index in [1.165, 1.54) is 5.56 Å². The number of hydrogen-bond acceptors (Lipinski definition) is 6. The van der Waals surface area contributed by atoms with Gasteiger partial charge in [0, 0.05) is 71.3 Å². The minimum atomic E-state index is 0. The van der Waals surface area contributed by atoms with Gasteiger partial charge in [-0.3, -0.25) is 4.99 Å². The number of hydrogen-bond donors (Lipinski definition) is 2. The predicted molar refractivity (Wildman–Crippen MR) is 143 cm³/mol. The molecule has 4 rings (SSSR count). The Kier molecular flexibility index (Phi) is 9.18. The molecule has 2 N–H and O–H groups in total. The van der Waals surface area contributed by atoms with E-state index in [0.29, 0.717) is 17.6 Å². The molecule has 1 unspecified atom stereocenters. The van der Waals surface area contributed by atoms with Crippen LogP contribution in [0.25, 0.3) is 0 Å². The van der Waals surface area contributed by atoms with Gasteiger partial charge in [0.1, 0.15) is 11.6 Å². The third kappa shape index (κ3) is 6.35. The lowest BCUT2D eigenvalue weighted by Gasteiger charge is -2.33. The number of aromatic nitrogens is 2. The third-order valence-electron chi connectivity index (χ3n) is 5.89. The molecule has 2 aromatic rings. The topological polar surface area (TPSA) is 71.9 Å². The number of piperazine rings is 1. The molecule has 174 valence electrons. The van der Waals surface area contributed by atoms with Crippen LogP contribution in [0.3, 0.4) is 0 Å². The van der Waals surface area contributed by atoms with E-state index >= 15 is 0 Å². The highest BCUT2D eigenvalue weighted by atomic mass is 127. The second kappa shape index (κ2) is 11.9. The first kappa shape index (κ1) is 24.8. The summed E-state index contributed by atoms with van der Waals surface area (Å²) in [5.41, 5.74) is 1.19. The van der Waals surface area contributed by atoms with Gasteiger partial charge in [0.15, 0.2) is 5.96 Å². The molecule has 0 aliphatic carbocycles. The lowest BCUT2D eigenvalue weighted by Crippen LogP contribution is -2.45. The lowest BCUT2D eigenvalue weighted by molar-refractivity contribution is 0.312. The van der Waals surface area contributed by atoms with Crippen molar-refractivity contribution in [2.75, 3.05) is 63.2 Å². The monoisotopic (exact) mass is 570 g/mol. The van der Waals surface area contributed by atoms with Crippen LogP contribution in [-0.4, -0.2) is 80.2 Å². The molecule has 0 spiro atoms. The average molecular weight is 571 g/mol. The van der Waals surface area contributed by atoms with E-state index in [9.17, 15) is 0 Å². The molecule has 0 radical (unpaired) electrons. The van der Waals surface area contributed by atoms with Gasteiger partial charge in [0.2, 0.25) is 0 Å². The Morgan fingerprint density at radius 3 is 2.69 bits per heavy atom. The fourth-order valence-corrected chi connectivity index (χ4v) is 4.27. The highest BCUT2D eigenvalue weighted by Crippen LogP contribution is 2.25. The second-order valence-corrected chi connectivity index (χ2v) is 8.53. The molecule has 4 heterocycles. The van der Waals surface area contributed by atoms with Crippen LogP contribution in [0.2, 0.25) is 5.02 Å². The minimum Gasteiger partial charge on any atom is -0.354 e. The van der Waals surface area contributed by atoms with Gasteiger partial charge in [-0.2, -0.15) is 0 Å². The Balaban J connectivity index is 0.00000289. The number of anilines is 2. The van der Waals surface area contributed by atoms with Gasteiger partial charge in [-0.15, -0.1) is 24.0 Å². The van der Waals surface area contributed by atoms with Gasteiger partial charge in [0.25, 0.3) is 0 Å². The summed E-state index contributed by atoms with van der Waals surface area (Å²) in [4.78, 5) is 20.3. The fourth-order valence-electron chi connectivity index (χ4n) is 4.03. The van der Waals surface area contributed by atoms with Crippen LogP contribution in [-0.2, 0) is 6.54 Å². The summed E-state index contributed by atoms with van der Waals surface area (Å²) in [6.07, 6.45) is 4.69. The molecular formula is C22H32ClIN8. The maximum absolute atomic E-state index is 6.31. The third-order valence-corrected chi connectivity index (χ3v) is 6.18. The molecule has 0 aromatic carbocycles. The van der Waals surface area contributed by atoms with Crippen molar-refractivity contribution in [1.29, 1.82) is 0 Å². The highest BCUT2D eigenvalue weighted by Gasteiger charge is 2.25. The number of pyridine rings is 2. The molecular weight excluding hydrogens is 539 g/mol. The van der Waals surface area contributed by atoms with Crippen LogP contribution in [0.5, 0.6) is 0 Å². The van der Waals surface area contributed by atoms with Crippen molar-refractivity contribution in [1.82, 2.24) is 25.5 Å². The molecule has 1 atom stereocenters. The fraction of sp³-hybridized carbons (Fsp3) is 0.500. The van der Waals surface area contributed by atoms with E-state index in [-0.39, 0.29) is 24.0 Å². The van der Waals surface area contributed by atoms with E-state index < -0.39 is 0 Å². The van der Waals surface area contributed by atoms with Crippen LogP contribution in [0, 0.1) is 0 Å². The molecule has 2 aliphatic heterocycles. The number of rotatable bonds is 5. The van der Waals surface area contributed by atoms with Gasteiger partial charge >= 0.3 is 0 Å². The summed E-state index contributed by atoms with van der Waals surface area (Å²) in [5.74, 6) is 2.70. The number of nitrogens with zero attached hydrogens (tertiary/aromatic N) is 6. The van der Waals surface area contributed by atoms with Crippen molar-refractivity contribution in [2.45, 2.75) is 19.0 Å². The van der Waals surface area contributed by atoms with E-state index in [1.54, 1.807) is 13.2 Å². The molecule has 2 saturated heterocycles. The van der Waals surface area contributed by atoms with Crippen LogP contribution in [0.1, 0.15) is 12.0 Å². The molecule has 2 aliphatic rings. The van der Waals surface area contributed by atoms with Crippen molar-refractivity contribution in [3.8, 4) is 0 Å². The van der Waals surface area contributed by atoms with Crippen molar-refractivity contribution in [3.05, 3.63) is 47.2 Å². The molecule has 0 saturated carbocycles. The largest absolute Gasteiger partial charge is 0.354 e. The van der Waals surface area contributed by atoms with Gasteiger partial charge in [-0.1, -0.05) is 11.6 Å². The summed E-state index contributed by atoms with van der Waals surface area (Å²) < 4.78 is 0. The lowest BCUT2D eigenvalue weighted by atomic mass is 10.2. The van der Waals surface area contributed by atoms with Crippen LogP contribution >= 0.6 is 35.6 Å². The molecule has 2 fully saturated rings. The Labute approximate surface area is 212 Å². The highest BCUT2D eigenvalue weighted by molar-refractivity contribution is 14.0. The molecule has 2 aromatic heterocycles. The number of nitrogens with one attached hydrogen (secondary N) is 2. The zero-order valence-corrected chi connectivity index (χ0v) is 21.8. The van der Waals surface area contributed by atoms with E-state index in [4.69, 9.17) is 11.6 Å². The zero-order chi connectivity index (χ0) is 21.6. The van der Waals surface area contributed by atoms with Crippen LogP contribution in [0.4, 0.5) is 11.6 Å². The zero-order valence-electron chi connectivity index (χ0n) is 18.7. The molecule has 10 heteroatoms. The van der Waals surface area contributed by atoms with Gasteiger partial charge in [-0.25, -0.2) is 9.97 Å². The van der Waals surface area contributed by atoms with E-state index in [0.717, 1.165) is 63.3 Å². The normalized spacial score (nSPS) is 19.6. The summed E-state index contributed by atoms with van der Waals surface area (Å²) >= 11 is 6.31. The Morgan fingerprint density at radius 1 is 1.12 bits per heavy atom. The van der Waals surface area contributed by atoms with Crippen molar-refractivity contribution in [3.63, 3.8) is 0 Å². The quantitative estimate of drug-likeness (QED) is 0.325. The standard InChI is InChI=1S/C22H31ClN8.HI/c1-24-22(28-18-6-9-31(16-18)21-19(23)4-3-7-26-21)27-15-17-5-8-25-20(14-17)30-12-10-29(2)11-13-30;/h3-5,7-8,14,18H,6,9-13,15-16H2,1-2H3,(H2,24,27,28);1H. The minimum absolute atomic E-state index is 0. The summed E-state index contributed by atoms with van der Waals surface area (Å²) in [7, 11) is 3.97. The van der Waals surface area contributed by atoms with Crippen molar-refractivity contribution < 1.29 is 0 Å². The average Bonchev–Trinajstić information content (AvgIpc) is 3.26.